The molecule has 0 radical (unpaired) electrons. The minimum atomic E-state index is 0.722. The van der Waals surface area contributed by atoms with E-state index in [1.165, 1.54) is 65.1 Å². The Morgan fingerprint density at radius 1 is 0.810 bits per heavy atom. The molecule has 0 aromatic heterocycles. The lowest BCUT2D eigenvalue weighted by atomic mass is 9.90. The molecule has 3 rings (SSSR count). The van der Waals surface area contributed by atoms with E-state index in [0.29, 0.717) is 0 Å². The van der Waals surface area contributed by atoms with Gasteiger partial charge in [-0.1, -0.05) is 0 Å². The molecule has 2 saturated heterocycles. The highest BCUT2D eigenvalue weighted by atomic mass is 15.3. The topological polar surface area (TPSA) is 9.72 Å². The summed E-state index contributed by atoms with van der Waals surface area (Å²) in [5.41, 5.74) is 0.751. The highest BCUT2D eigenvalue weighted by molar-refractivity contribution is 5.06. The fourth-order valence-corrected chi connectivity index (χ4v) is 4.56. The van der Waals surface area contributed by atoms with Gasteiger partial charge in [0.2, 0.25) is 0 Å². The number of hydrogen-bond acceptors (Lipinski definition) is 3. The lowest BCUT2D eigenvalue weighted by molar-refractivity contribution is 0.0919. The van der Waals surface area contributed by atoms with Crippen LogP contribution in [0.1, 0.15) is 47.0 Å². The van der Waals surface area contributed by atoms with E-state index in [-0.39, 0.29) is 0 Å². The minimum Gasteiger partial charge on any atom is -0.301 e. The maximum atomic E-state index is 2.74. The van der Waals surface area contributed by atoms with E-state index in [2.05, 4.69) is 42.4 Å². The van der Waals surface area contributed by atoms with E-state index in [0.717, 1.165) is 23.4 Å². The van der Waals surface area contributed by atoms with Crippen molar-refractivity contribution in [1.82, 2.24) is 14.7 Å². The molecule has 1 spiro atoms. The molecule has 1 saturated carbocycles. The zero-order chi connectivity index (χ0) is 15.0. The van der Waals surface area contributed by atoms with Crippen LogP contribution in [0.3, 0.4) is 0 Å². The van der Waals surface area contributed by atoms with Gasteiger partial charge >= 0.3 is 0 Å². The quantitative estimate of drug-likeness (QED) is 0.788. The molecule has 1 atom stereocenters. The maximum absolute atomic E-state index is 2.74. The van der Waals surface area contributed by atoms with Crippen molar-refractivity contribution in [1.29, 1.82) is 0 Å². The average Bonchev–Trinajstić information content (AvgIpc) is 3.11. The van der Waals surface area contributed by atoms with Crippen molar-refractivity contribution >= 4 is 0 Å². The van der Waals surface area contributed by atoms with Crippen LogP contribution in [0.5, 0.6) is 0 Å². The summed E-state index contributed by atoms with van der Waals surface area (Å²) in [6.45, 7) is 18.6. The summed E-state index contributed by atoms with van der Waals surface area (Å²) in [4.78, 5) is 8.04. The number of piperazine rings is 1. The molecule has 2 heterocycles. The van der Waals surface area contributed by atoms with Crippen molar-refractivity contribution in [2.24, 2.45) is 11.3 Å². The summed E-state index contributed by atoms with van der Waals surface area (Å²) in [7, 11) is 0. The predicted molar refractivity (Wildman–Crippen MR) is 89.6 cm³/mol. The van der Waals surface area contributed by atoms with Crippen LogP contribution in [0.25, 0.3) is 0 Å². The lowest BCUT2D eigenvalue weighted by Crippen LogP contribution is -2.49. The van der Waals surface area contributed by atoms with Gasteiger partial charge < -0.3 is 9.80 Å². The molecule has 0 aromatic carbocycles. The first-order valence-electron chi connectivity index (χ1n) is 9.21. The number of rotatable bonds is 4. The molecule has 0 N–H and O–H groups in total. The molecule has 0 bridgehead atoms. The van der Waals surface area contributed by atoms with Gasteiger partial charge in [-0.15, -0.1) is 0 Å². The van der Waals surface area contributed by atoms with Crippen LogP contribution in [0.2, 0.25) is 0 Å². The molecule has 122 valence electrons. The van der Waals surface area contributed by atoms with Gasteiger partial charge in [0, 0.05) is 44.8 Å². The molecular weight excluding hydrogens is 258 g/mol. The van der Waals surface area contributed by atoms with Crippen LogP contribution in [0, 0.1) is 11.3 Å². The van der Waals surface area contributed by atoms with Gasteiger partial charge in [0.05, 0.1) is 0 Å². The second-order valence-corrected chi connectivity index (χ2v) is 8.32. The van der Waals surface area contributed by atoms with Gasteiger partial charge in [-0.05, 0) is 71.4 Å². The van der Waals surface area contributed by atoms with Crippen LogP contribution >= 0.6 is 0 Å². The first-order valence-corrected chi connectivity index (χ1v) is 9.21. The van der Waals surface area contributed by atoms with E-state index in [9.17, 15) is 0 Å². The molecule has 0 aromatic rings. The van der Waals surface area contributed by atoms with Gasteiger partial charge in [0.15, 0.2) is 0 Å². The lowest BCUT2D eigenvalue weighted by Gasteiger charge is -2.38. The summed E-state index contributed by atoms with van der Waals surface area (Å²) >= 11 is 0. The summed E-state index contributed by atoms with van der Waals surface area (Å²) in [6.07, 6.45) is 4.44. The van der Waals surface area contributed by atoms with Crippen molar-refractivity contribution in [3.8, 4) is 0 Å². The fourth-order valence-electron chi connectivity index (χ4n) is 4.56. The molecular formula is C18H35N3. The van der Waals surface area contributed by atoms with Gasteiger partial charge in [-0.25, -0.2) is 0 Å². The van der Waals surface area contributed by atoms with E-state index in [1.54, 1.807) is 0 Å². The Morgan fingerprint density at radius 2 is 1.33 bits per heavy atom. The van der Waals surface area contributed by atoms with Gasteiger partial charge in [-0.3, -0.25) is 4.90 Å². The molecule has 0 amide bonds. The zero-order valence-corrected chi connectivity index (χ0v) is 14.6. The molecule has 3 fully saturated rings. The van der Waals surface area contributed by atoms with Gasteiger partial charge in [-0.2, -0.15) is 0 Å². The molecule has 2 aliphatic heterocycles. The highest BCUT2D eigenvalue weighted by Gasteiger charge is 2.54. The summed E-state index contributed by atoms with van der Waals surface area (Å²) in [6, 6.07) is 1.46. The van der Waals surface area contributed by atoms with Crippen molar-refractivity contribution < 1.29 is 0 Å². The Kier molecular flexibility index (Phi) is 4.63. The Hall–Kier alpha value is -0.120. The first kappa shape index (κ1) is 15.8. The van der Waals surface area contributed by atoms with Crippen molar-refractivity contribution in [3.05, 3.63) is 0 Å². The van der Waals surface area contributed by atoms with Crippen LogP contribution in [0.15, 0.2) is 0 Å². The molecule has 3 nitrogen and oxygen atoms in total. The third kappa shape index (κ3) is 3.46. The molecule has 3 heteroatoms. The first-order chi connectivity index (χ1) is 10.00. The van der Waals surface area contributed by atoms with Crippen LogP contribution < -0.4 is 0 Å². The second kappa shape index (κ2) is 6.17. The van der Waals surface area contributed by atoms with Crippen LogP contribution in [0.4, 0.5) is 0 Å². The number of hydrogen-bond donors (Lipinski definition) is 0. The van der Waals surface area contributed by atoms with Gasteiger partial charge in [0.1, 0.15) is 0 Å². The van der Waals surface area contributed by atoms with E-state index in [4.69, 9.17) is 0 Å². The predicted octanol–water partition coefficient (Wildman–Crippen LogP) is 2.52. The largest absolute Gasteiger partial charge is 0.301 e. The molecule has 1 aliphatic carbocycles. The fraction of sp³-hybridized carbons (Fsp3) is 1.00. The normalized spacial score (nSPS) is 31.4. The Bertz CT molecular complexity index is 336. The Labute approximate surface area is 131 Å². The second-order valence-electron chi connectivity index (χ2n) is 8.32. The number of piperidine rings is 1. The van der Waals surface area contributed by atoms with Crippen LogP contribution in [-0.2, 0) is 0 Å². The smallest absolute Gasteiger partial charge is 0.0113 e. The van der Waals surface area contributed by atoms with Crippen molar-refractivity contribution in [2.45, 2.75) is 59.0 Å². The van der Waals surface area contributed by atoms with Crippen molar-refractivity contribution in [3.63, 3.8) is 0 Å². The molecule has 0 unspecified atom stereocenters. The zero-order valence-electron chi connectivity index (χ0n) is 14.6. The maximum Gasteiger partial charge on any atom is 0.0113 e. The van der Waals surface area contributed by atoms with Gasteiger partial charge in [0.25, 0.3) is 0 Å². The number of likely N-dealkylation sites (tertiary alicyclic amines) is 1. The third-order valence-corrected chi connectivity index (χ3v) is 6.50. The minimum absolute atomic E-state index is 0.722. The number of nitrogens with zero attached hydrogens (tertiary/aromatic N) is 3. The summed E-state index contributed by atoms with van der Waals surface area (Å²) < 4.78 is 0. The summed E-state index contributed by atoms with van der Waals surface area (Å²) in [5.74, 6) is 1.01. The SMILES string of the molecule is CC(C)N1CCN(C[C@@H]2CC23CCN(C(C)C)CC3)CC1. The Balaban J connectivity index is 1.41. The monoisotopic (exact) mass is 293 g/mol. The van der Waals surface area contributed by atoms with E-state index >= 15 is 0 Å². The average molecular weight is 293 g/mol. The van der Waals surface area contributed by atoms with E-state index < -0.39 is 0 Å². The molecule has 3 aliphatic rings. The van der Waals surface area contributed by atoms with E-state index in [1.807, 2.05) is 0 Å². The highest BCUT2D eigenvalue weighted by Crippen LogP contribution is 2.59. The standard InChI is InChI=1S/C18H35N3/c1-15(2)20-7-5-18(6-8-20)13-17(18)14-19-9-11-21(12-10-19)16(3)4/h15-17H,5-14H2,1-4H3/t17-/m0/s1. The molecule has 21 heavy (non-hydrogen) atoms. The van der Waals surface area contributed by atoms with Crippen molar-refractivity contribution in [2.75, 3.05) is 45.8 Å². The van der Waals surface area contributed by atoms with Crippen LogP contribution in [-0.4, -0.2) is 72.6 Å². The third-order valence-electron chi connectivity index (χ3n) is 6.50. The summed E-state index contributed by atoms with van der Waals surface area (Å²) in [5, 5.41) is 0. The Morgan fingerprint density at radius 3 is 1.86 bits per heavy atom.